The number of aromatic nitrogens is 1. The van der Waals surface area contributed by atoms with E-state index in [2.05, 4.69) is 10.6 Å². The van der Waals surface area contributed by atoms with E-state index in [1.165, 1.54) is 0 Å². The number of nitrogens with two attached hydrogens (primary N) is 1. The topological polar surface area (TPSA) is 97.1 Å². The predicted molar refractivity (Wildman–Crippen MR) is 131 cm³/mol. The molecule has 1 aromatic heterocycles. The smallest absolute Gasteiger partial charge is 0.252 e. The van der Waals surface area contributed by atoms with Crippen molar-refractivity contribution in [2.75, 3.05) is 5.73 Å². The van der Waals surface area contributed by atoms with Crippen LogP contribution < -0.4 is 16.4 Å². The lowest BCUT2D eigenvalue weighted by atomic mass is 10.0. The van der Waals surface area contributed by atoms with Crippen LogP contribution in [0, 0.1) is 0 Å². The standard InChI is InChI=1S/C27H26N4O2/c1-18(15-26(32)29-17-20-11-5-7-13-23(20)28)30-27(33)22-16-25(19-9-3-2-4-10-19)31-24-14-8-6-12-21(22)24/h2-14,16,18H,15,17,28H2,1H3,(H,29,32)(H,30,33). The third-order valence-electron chi connectivity index (χ3n) is 5.43. The molecule has 4 rings (SSSR count). The summed E-state index contributed by atoms with van der Waals surface area (Å²) < 4.78 is 0. The van der Waals surface area contributed by atoms with E-state index in [9.17, 15) is 9.59 Å². The van der Waals surface area contributed by atoms with Gasteiger partial charge in [0.1, 0.15) is 0 Å². The Labute approximate surface area is 192 Å². The number of hydrogen-bond donors (Lipinski definition) is 3. The summed E-state index contributed by atoms with van der Waals surface area (Å²) >= 11 is 0. The molecule has 0 aliphatic heterocycles. The number of rotatable bonds is 7. The number of hydrogen-bond acceptors (Lipinski definition) is 4. The molecule has 0 saturated carbocycles. The van der Waals surface area contributed by atoms with Crippen LogP contribution >= 0.6 is 0 Å². The Hall–Kier alpha value is -4.19. The first kappa shape index (κ1) is 22.0. The molecule has 4 N–H and O–H groups in total. The van der Waals surface area contributed by atoms with Gasteiger partial charge in [0, 0.05) is 35.6 Å². The van der Waals surface area contributed by atoms with Crippen molar-refractivity contribution in [3.8, 4) is 11.3 Å². The number of nitrogen functional groups attached to an aromatic ring is 1. The fraction of sp³-hybridized carbons (Fsp3) is 0.148. The molecular formula is C27H26N4O2. The van der Waals surface area contributed by atoms with Gasteiger partial charge in [-0.15, -0.1) is 0 Å². The van der Waals surface area contributed by atoms with Gasteiger partial charge in [-0.3, -0.25) is 9.59 Å². The predicted octanol–water partition coefficient (Wildman–Crippen LogP) is 4.31. The van der Waals surface area contributed by atoms with Crippen LogP contribution in [0.1, 0.15) is 29.3 Å². The van der Waals surface area contributed by atoms with Gasteiger partial charge in [-0.05, 0) is 30.7 Å². The first-order chi connectivity index (χ1) is 16.0. The Morgan fingerprint density at radius 1 is 0.939 bits per heavy atom. The minimum absolute atomic E-state index is 0.157. The third kappa shape index (κ3) is 5.36. The van der Waals surface area contributed by atoms with Crippen molar-refractivity contribution in [1.82, 2.24) is 15.6 Å². The highest BCUT2D eigenvalue weighted by atomic mass is 16.2. The molecule has 0 radical (unpaired) electrons. The summed E-state index contributed by atoms with van der Waals surface area (Å²) in [5.74, 6) is -0.394. The highest BCUT2D eigenvalue weighted by Crippen LogP contribution is 2.25. The molecule has 1 unspecified atom stereocenters. The third-order valence-corrected chi connectivity index (χ3v) is 5.43. The minimum Gasteiger partial charge on any atom is -0.398 e. The summed E-state index contributed by atoms with van der Waals surface area (Å²) in [6.45, 7) is 2.16. The summed E-state index contributed by atoms with van der Waals surface area (Å²) in [6, 6.07) is 26.2. The number of benzene rings is 3. The number of anilines is 1. The fourth-order valence-corrected chi connectivity index (χ4v) is 3.71. The largest absolute Gasteiger partial charge is 0.398 e. The Kier molecular flexibility index (Phi) is 6.64. The van der Waals surface area contributed by atoms with Gasteiger partial charge in [0.05, 0.1) is 16.8 Å². The van der Waals surface area contributed by atoms with E-state index in [1.807, 2.05) is 79.7 Å². The molecule has 0 aliphatic rings. The Balaban J connectivity index is 1.47. The lowest BCUT2D eigenvalue weighted by Gasteiger charge is -2.16. The molecule has 0 saturated heterocycles. The van der Waals surface area contributed by atoms with Crippen LogP contribution in [0.3, 0.4) is 0 Å². The second-order valence-electron chi connectivity index (χ2n) is 7.99. The summed E-state index contributed by atoms with van der Waals surface area (Å²) in [5.41, 5.74) is 10.4. The zero-order valence-electron chi connectivity index (χ0n) is 18.4. The molecule has 4 aromatic rings. The van der Waals surface area contributed by atoms with Crippen LogP contribution in [0.5, 0.6) is 0 Å². The maximum Gasteiger partial charge on any atom is 0.252 e. The molecule has 1 atom stereocenters. The Morgan fingerprint density at radius 3 is 2.42 bits per heavy atom. The normalized spacial score (nSPS) is 11.7. The van der Waals surface area contributed by atoms with E-state index >= 15 is 0 Å². The highest BCUT2D eigenvalue weighted by Gasteiger charge is 2.17. The molecule has 2 amide bonds. The maximum absolute atomic E-state index is 13.2. The summed E-state index contributed by atoms with van der Waals surface area (Å²) in [4.78, 5) is 30.3. The minimum atomic E-state index is -0.349. The average molecular weight is 439 g/mol. The van der Waals surface area contributed by atoms with Gasteiger partial charge >= 0.3 is 0 Å². The second kappa shape index (κ2) is 9.96. The first-order valence-electron chi connectivity index (χ1n) is 10.9. The van der Waals surface area contributed by atoms with Gasteiger partial charge < -0.3 is 16.4 Å². The number of para-hydroxylation sites is 2. The first-order valence-corrected chi connectivity index (χ1v) is 10.9. The van der Waals surface area contributed by atoms with E-state index in [0.717, 1.165) is 27.7 Å². The number of carbonyl (C=O) groups excluding carboxylic acids is 2. The number of amides is 2. The molecule has 3 aromatic carbocycles. The van der Waals surface area contributed by atoms with Gasteiger partial charge in [0.15, 0.2) is 0 Å². The monoisotopic (exact) mass is 438 g/mol. The van der Waals surface area contributed by atoms with E-state index in [-0.39, 0.29) is 24.3 Å². The van der Waals surface area contributed by atoms with Crippen molar-refractivity contribution in [3.05, 3.63) is 96.1 Å². The van der Waals surface area contributed by atoms with Gasteiger partial charge in [0.25, 0.3) is 5.91 Å². The number of nitrogens with zero attached hydrogens (tertiary/aromatic N) is 1. The summed E-state index contributed by atoms with van der Waals surface area (Å²) in [5, 5.41) is 6.59. The second-order valence-corrected chi connectivity index (χ2v) is 7.99. The van der Waals surface area contributed by atoms with Crippen molar-refractivity contribution in [2.24, 2.45) is 0 Å². The summed E-state index contributed by atoms with van der Waals surface area (Å²) in [6.07, 6.45) is 0.160. The number of nitrogens with one attached hydrogen (secondary N) is 2. The molecule has 0 fully saturated rings. The van der Waals surface area contributed by atoms with Crippen molar-refractivity contribution < 1.29 is 9.59 Å². The van der Waals surface area contributed by atoms with Crippen molar-refractivity contribution in [3.63, 3.8) is 0 Å². The molecule has 1 heterocycles. The highest BCUT2D eigenvalue weighted by molar-refractivity contribution is 6.07. The SMILES string of the molecule is CC(CC(=O)NCc1ccccc1N)NC(=O)c1cc(-c2ccccc2)nc2ccccc12. The van der Waals surface area contributed by atoms with Crippen molar-refractivity contribution in [2.45, 2.75) is 25.9 Å². The number of fused-ring (bicyclic) bond motifs is 1. The number of pyridine rings is 1. The molecule has 6 heteroatoms. The molecule has 0 bridgehead atoms. The molecule has 0 spiro atoms. The van der Waals surface area contributed by atoms with E-state index in [4.69, 9.17) is 10.7 Å². The van der Waals surface area contributed by atoms with Crippen molar-refractivity contribution >= 4 is 28.4 Å². The average Bonchev–Trinajstić information content (AvgIpc) is 2.83. The Morgan fingerprint density at radius 2 is 1.64 bits per heavy atom. The van der Waals surface area contributed by atoms with E-state index in [1.54, 1.807) is 12.1 Å². The molecule has 0 aliphatic carbocycles. The van der Waals surface area contributed by atoms with Crippen molar-refractivity contribution in [1.29, 1.82) is 0 Å². The fourth-order valence-electron chi connectivity index (χ4n) is 3.71. The maximum atomic E-state index is 13.2. The van der Waals surface area contributed by atoms with Crippen LogP contribution in [-0.2, 0) is 11.3 Å². The van der Waals surface area contributed by atoms with Crippen LogP contribution in [0.4, 0.5) is 5.69 Å². The molecular weight excluding hydrogens is 412 g/mol. The summed E-state index contributed by atoms with van der Waals surface area (Å²) in [7, 11) is 0. The van der Waals surface area contributed by atoms with Gasteiger partial charge in [-0.1, -0.05) is 66.7 Å². The Bertz CT molecular complexity index is 1290. The molecule has 6 nitrogen and oxygen atoms in total. The van der Waals surface area contributed by atoms with Crippen LogP contribution in [0.15, 0.2) is 84.9 Å². The molecule has 33 heavy (non-hydrogen) atoms. The van der Waals surface area contributed by atoms with Crippen LogP contribution in [-0.4, -0.2) is 22.8 Å². The lowest BCUT2D eigenvalue weighted by molar-refractivity contribution is -0.121. The zero-order valence-corrected chi connectivity index (χ0v) is 18.4. The van der Waals surface area contributed by atoms with E-state index in [0.29, 0.717) is 17.8 Å². The zero-order chi connectivity index (χ0) is 23.2. The van der Waals surface area contributed by atoms with Gasteiger partial charge in [-0.25, -0.2) is 4.98 Å². The molecule has 166 valence electrons. The van der Waals surface area contributed by atoms with Crippen LogP contribution in [0.25, 0.3) is 22.2 Å². The quantitative estimate of drug-likeness (QED) is 0.375. The van der Waals surface area contributed by atoms with Gasteiger partial charge in [0.2, 0.25) is 5.91 Å². The number of carbonyl (C=O) groups is 2. The lowest BCUT2D eigenvalue weighted by Crippen LogP contribution is -2.37. The van der Waals surface area contributed by atoms with Crippen LogP contribution in [0.2, 0.25) is 0 Å². The van der Waals surface area contributed by atoms with E-state index < -0.39 is 0 Å². The van der Waals surface area contributed by atoms with Gasteiger partial charge in [-0.2, -0.15) is 0 Å².